The minimum absolute atomic E-state index is 0.0371. The molecule has 8 heteroatoms. The molecule has 1 saturated carbocycles. The second kappa shape index (κ2) is 10.6. The molecule has 4 aromatic heterocycles. The number of rotatable bonds is 6. The Kier molecular flexibility index (Phi) is 6.51. The van der Waals surface area contributed by atoms with Gasteiger partial charge in [0.25, 0.3) is 0 Å². The predicted octanol–water partition coefficient (Wildman–Crippen LogP) is 7.88. The van der Waals surface area contributed by atoms with Gasteiger partial charge in [-0.3, -0.25) is 14.9 Å². The van der Waals surface area contributed by atoms with Gasteiger partial charge in [-0.1, -0.05) is 49.6 Å². The Labute approximate surface area is 236 Å². The number of hydrogen-bond donors (Lipinski definition) is 3. The summed E-state index contributed by atoms with van der Waals surface area (Å²) in [6.45, 7) is 0. The maximum atomic E-state index is 14.6. The number of benzene rings is 2. The van der Waals surface area contributed by atoms with Gasteiger partial charge >= 0.3 is 0 Å². The number of H-pyrrole nitrogens is 2. The lowest BCUT2D eigenvalue weighted by molar-refractivity contribution is -0.117. The van der Waals surface area contributed by atoms with Gasteiger partial charge in [0.1, 0.15) is 5.82 Å². The summed E-state index contributed by atoms with van der Waals surface area (Å²) in [5.74, 6) is 0.248. The van der Waals surface area contributed by atoms with E-state index >= 15 is 0 Å². The van der Waals surface area contributed by atoms with Crippen LogP contribution in [0.5, 0.6) is 0 Å². The highest BCUT2D eigenvalue weighted by Crippen LogP contribution is 2.36. The molecule has 4 heterocycles. The molecule has 0 aliphatic heterocycles. The van der Waals surface area contributed by atoms with Crippen molar-refractivity contribution < 1.29 is 9.18 Å². The van der Waals surface area contributed by atoms with E-state index in [4.69, 9.17) is 0 Å². The first-order valence-electron chi connectivity index (χ1n) is 14.1. The number of pyridine rings is 2. The molecule has 0 unspecified atom stereocenters. The van der Waals surface area contributed by atoms with E-state index in [0.29, 0.717) is 29.2 Å². The summed E-state index contributed by atoms with van der Waals surface area (Å²) in [6.07, 6.45) is 11.7. The molecule has 1 aliphatic rings. The van der Waals surface area contributed by atoms with Crippen molar-refractivity contribution in [2.24, 2.45) is 5.92 Å². The molecule has 6 aromatic rings. The van der Waals surface area contributed by atoms with Gasteiger partial charge < -0.3 is 10.3 Å². The number of carbonyl (C=O) groups is 1. The highest BCUT2D eigenvalue weighted by Gasteiger charge is 2.18. The van der Waals surface area contributed by atoms with E-state index in [2.05, 4.69) is 30.5 Å². The third-order valence-electron chi connectivity index (χ3n) is 8.06. The Morgan fingerprint density at radius 2 is 1.73 bits per heavy atom. The zero-order valence-corrected chi connectivity index (χ0v) is 22.5. The van der Waals surface area contributed by atoms with Gasteiger partial charge in [-0.05, 0) is 54.7 Å². The number of fused-ring (bicyclic) bond motifs is 2. The Bertz CT molecular complexity index is 1880. The van der Waals surface area contributed by atoms with Crippen LogP contribution in [0.15, 0.2) is 79.3 Å². The van der Waals surface area contributed by atoms with Crippen molar-refractivity contribution in [3.8, 4) is 33.6 Å². The quantitative estimate of drug-likeness (QED) is 0.199. The molecule has 3 N–H and O–H groups in total. The molecule has 7 rings (SSSR count). The molecule has 0 atom stereocenters. The van der Waals surface area contributed by atoms with Gasteiger partial charge in [0.2, 0.25) is 5.91 Å². The second-order valence-electron chi connectivity index (χ2n) is 10.8. The Balaban J connectivity index is 1.20. The first kappa shape index (κ1) is 25.1. The molecule has 204 valence electrons. The van der Waals surface area contributed by atoms with Crippen LogP contribution < -0.4 is 5.32 Å². The third-order valence-corrected chi connectivity index (χ3v) is 8.06. The summed E-state index contributed by atoms with van der Waals surface area (Å²) in [4.78, 5) is 25.1. The summed E-state index contributed by atoms with van der Waals surface area (Å²) in [5, 5.41) is 12.3. The van der Waals surface area contributed by atoms with Gasteiger partial charge in [0.15, 0.2) is 5.65 Å². The van der Waals surface area contributed by atoms with E-state index in [-0.39, 0.29) is 11.7 Å². The van der Waals surface area contributed by atoms with Crippen LogP contribution in [-0.4, -0.2) is 31.1 Å². The van der Waals surface area contributed by atoms with Crippen molar-refractivity contribution in [3.05, 3.63) is 85.1 Å². The van der Waals surface area contributed by atoms with E-state index in [0.717, 1.165) is 57.2 Å². The maximum Gasteiger partial charge on any atom is 0.224 e. The Hall–Kier alpha value is -4.85. The first-order valence-corrected chi connectivity index (χ1v) is 14.1. The van der Waals surface area contributed by atoms with Gasteiger partial charge in [-0.2, -0.15) is 5.10 Å². The number of carbonyl (C=O) groups excluding carboxylic acids is 1. The fraction of sp³-hybridized carbons (Fsp3) is 0.212. The third kappa shape index (κ3) is 4.97. The lowest BCUT2D eigenvalue weighted by atomic mass is 9.87. The van der Waals surface area contributed by atoms with Crippen LogP contribution in [0.1, 0.15) is 38.5 Å². The largest absolute Gasteiger partial charge is 0.353 e. The lowest BCUT2D eigenvalue weighted by Gasteiger charge is -2.20. The molecule has 0 bridgehead atoms. The number of nitrogens with zero attached hydrogens (tertiary/aromatic N) is 3. The smallest absolute Gasteiger partial charge is 0.224 e. The van der Waals surface area contributed by atoms with Crippen LogP contribution in [-0.2, 0) is 4.79 Å². The minimum Gasteiger partial charge on any atom is -0.353 e. The molecule has 2 aromatic carbocycles. The summed E-state index contributed by atoms with van der Waals surface area (Å²) in [5.41, 5.74) is 6.85. The van der Waals surface area contributed by atoms with Crippen LogP contribution in [0, 0.1) is 11.7 Å². The van der Waals surface area contributed by atoms with Crippen molar-refractivity contribution in [1.29, 1.82) is 0 Å². The molecule has 0 spiro atoms. The van der Waals surface area contributed by atoms with Crippen LogP contribution in [0.2, 0.25) is 0 Å². The predicted molar refractivity (Wildman–Crippen MR) is 160 cm³/mol. The van der Waals surface area contributed by atoms with Crippen molar-refractivity contribution in [2.45, 2.75) is 38.5 Å². The average molecular weight is 545 g/mol. The SMILES string of the molecule is O=C(CC1CCCCC1)Nc1cncc(-c2cnc3n[nH]c(-c4cc5c(-c6ccccc6F)cccc5[nH]4)c3c2)c1. The molecule has 0 radical (unpaired) electrons. The molecular weight excluding hydrogens is 515 g/mol. The topological polar surface area (TPSA) is 99.3 Å². The monoisotopic (exact) mass is 544 g/mol. The Morgan fingerprint density at radius 1 is 0.902 bits per heavy atom. The molecule has 1 amide bonds. The van der Waals surface area contributed by atoms with E-state index in [1.54, 1.807) is 30.7 Å². The van der Waals surface area contributed by atoms with Crippen LogP contribution in [0.4, 0.5) is 10.1 Å². The summed E-state index contributed by atoms with van der Waals surface area (Å²) < 4.78 is 14.6. The summed E-state index contributed by atoms with van der Waals surface area (Å²) >= 11 is 0. The zero-order valence-electron chi connectivity index (χ0n) is 22.5. The van der Waals surface area contributed by atoms with E-state index < -0.39 is 0 Å². The lowest BCUT2D eigenvalue weighted by Crippen LogP contribution is -2.18. The molecule has 1 fully saturated rings. The van der Waals surface area contributed by atoms with Gasteiger partial charge in [0, 0.05) is 51.8 Å². The highest BCUT2D eigenvalue weighted by molar-refractivity contribution is 6.01. The van der Waals surface area contributed by atoms with E-state index in [1.807, 2.05) is 42.5 Å². The van der Waals surface area contributed by atoms with Crippen molar-refractivity contribution in [2.75, 3.05) is 5.32 Å². The number of amides is 1. The number of anilines is 1. The molecular formula is C33H29FN6O. The van der Waals surface area contributed by atoms with Crippen LogP contribution in [0.25, 0.3) is 55.6 Å². The summed E-state index contributed by atoms with van der Waals surface area (Å²) in [7, 11) is 0. The molecule has 0 saturated heterocycles. The molecule has 7 nitrogen and oxygen atoms in total. The van der Waals surface area contributed by atoms with Crippen molar-refractivity contribution >= 4 is 33.5 Å². The molecule has 41 heavy (non-hydrogen) atoms. The second-order valence-corrected chi connectivity index (χ2v) is 10.8. The fourth-order valence-corrected chi connectivity index (χ4v) is 6.00. The van der Waals surface area contributed by atoms with Crippen LogP contribution >= 0.6 is 0 Å². The summed E-state index contributed by atoms with van der Waals surface area (Å²) in [6, 6.07) is 18.6. The first-order chi connectivity index (χ1) is 20.1. The number of aromatic nitrogens is 5. The maximum absolute atomic E-state index is 14.6. The number of hydrogen-bond acceptors (Lipinski definition) is 4. The standard InChI is InChI=1S/C33H29FN6O/c34-28-11-5-4-9-25(28)24-10-6-12-29-26(24)16-30(38-29)32-27-15-22(18-36-33(27)40-39-32)21-14-23(19-35-17-21)37-31(41)13-20-7-2-1-3-8-20/h4-6,9-12,14-20,38H,1-3,7-8,13H2,(H,37,41)(H,36,39,40). The zero-order chi connectivity index (χ0) is 27.8. The number of aromatic amines is 2. The van der Waals surface area contributed by atoms with E-state index in [1.165, 1.54) is 25.3 Å². The van der Waals surface area contributed by atoms with Crippen molar-refractivity contribution in [1.82, 2.24) is 25.1 Å². The Morgan fingerprint density at radius 3 is 2.61 bits per heavy atom. The number of nitrogens with one attached hydrogen (secondary N) is 3. The fourth-order valence-electron chi connectivity index (χ4n) is 6.00. The van der Waals surface area contributed by atoms with Crippen LogP contribution in [0.3, 0.4) is 0 Å². The average Bonchev–Trinajstić information content (AvgIpc) is 3.62. The van der Waals surface area contributed by atoms with Crippen molar-refractivity contribution in [3.63, 3.8) is 0 Å². The van der Waals surface area contributed by atoms with E-state index in [9.17, 15) is 9.18 Å². The number of halogens is 1. The normalized spacial score (nSPS) is 14.1. The highest BCUT2D eigenvalue weighted by atomic mass is 19.1. The molecule has 1 aliphatic carbocycles. The minimum atomic E-state index is -0.260. The van der Waals surface area contributed by atoms with Gasteiger partial charge in [-0.15, -0.1) is 0 Å². The van der Waals surface area contributed by atoms with Gasteiger partial charge in [-0.25, -0.2) is 9.37 Å². The van der Waals surface area contributed by atoms with Gasteiger partial charge in [0.05, 0.1) is 23.3 Å².